The van der Waals surface area contributed by atoms with Gasteiger partial charge in [-0.2, -0.15) is 0 Å². The summed E-state index contributed by atoms with van der Waals surface area (Å²) in [6, 6.07) is 0.387. The quantitative estimate of drug-likeness (QED) is 0.512. The molecule has 1 heterocycles. The van der Waals surface area contributed by atoms with Crippen molar-refractivity contribution >= 4 is 22.9 Å². The van der Waals surface area contributed by atoms with Gasteiger partial charge in [0.25, 0.3) is 0 Å². The van der Waals surface area contributed by atoms with E-state index in [1.54, 1.807) is 11.3 Å². The summed E-state index contributed by atoms with van der Waals surface area (Å²) in [5, 5.41) is 3.23. The van der Waals surface area contributed by atoms with Gasteiger partial charge in [-0.25, -0.2) is 4.98 Å². The molecule has 1 aromatic rings. The van der Waals surface area contributed by atoms with Crippen LogP contribution >= 0.6 is 22.9 Å². The first-order valence-electron chi connectivity index (χ1n) is 6.58. The molecule has 0 aliphatic carbocycles. The van der Waals surface area contributed by atoms with Crippen molar-refractivity contribution in [3.8, 4) is 0 Å². The molecule has 1 rings (SSSR count). The molecule has 0 aliphatic heterocycles. The molecule has 1 aromatic heterocycles. The third-order valence-electron chi connectivity index (χ3n) is 2.95. The molecule has 0 amide bonds. The van der Waals surface area contributed by atoms with Gasteiger partial charge in [0.2, 0.25) is 0 Å². The summed E-state index contributed by atoms with van der Waals surface area (Å²) in [4.78, 5) is 7.02. The summed E-state index contributed by atoms with van der Waals surface area (Å²) in [5.41, 5.74) is 0.982. The third kappa shape index (κ3) is 4.50. The van der Waals surface area contributed by atoms with Crippen molar-refractivity contribution in [3.05, 3.63) is 16.1 Å². The van der Waals surface area contributed by atoms with Crippen LogP contribution in [0.15, 0.2) is 5.38 Å². The lowest BCUT2D eigenvalue weighted by molar-refractivity contribution is 0.0952. The van der Waals surface area contributed by atoms with Crippen LogP contribution in [0.1, 0.15) is 43.9 Å². The van der Waals surface area contributed by atoms with Gasteiger partial charge < -0.3 is 4.74 Å². The number of hydrogen-bond donors (Lipinski definition) is 0. The molecule has 18 heavy (non-hydrogen) atoms. The van der Waals surface area contributed by atoms with Crippen LogP contribution in [0.3, 0.4) is 0 Å². The molecule has 0 fully saturated rings. The van der Waals surface area contributed by atoms with Gasteiger partial charge in [-0.3, -0.25) is 4.90 Å². The van der Waals surface area contributed by atoms with Gasteiger partial charge in [-0.15, -0.1) is 22.9 Å². The fraction of sp³-hybridized carbons (Fsp3) is 0.769. The average molecular weight is 291 g/mol. The molecule has 0 radical (unpaired) electrons. The maximum Gasteiger partial charge on any atom is 0.110 e. The van der Waals surface area contributed by atoms with Crippen molar-refractivity contribution in [1.29, 1.82) is 0 Å². The number of thiazole rings is 1. The first kappa shape index (κ1) is 15.9. The predicted molar refractivity (Wildman–Crippen MR) is 78.4 cm³/mol. The van der Waals surface area contributed by atoms with Crippen molar-refractivity contribution < 1.29 is 4.74 Å². The molecule has 0 saturated carbocycles. The fourth-order valence-corrected chi connectivity index (χ4v) is 3.25. The summed E-state index contributed by atoms with van der Waals surface area (Å²) >= 11 is 7.53. The van der Waals surface area contributed by atoms with Gasteiger partial charge in [-0.05, 0) is 19.9 Å². The maximum atomic E-state index is 5.81. The Hall–Kier alpha value is -0.160. The van der Waals surface area contributed by atoms with E-state index in [0.29, 0.717) is 11.9 Å². The Kier molecular flexibility index (Phi) is 7.82. The monoisotopic (exact) mass is 290 g/mol. The molecular formula is C13H23ClN2OS. The topological polar surface area (TPSA) is 25.4 Å². The van der Waals surface area contributed by atoms with Gasteiger partial charge in [0.05, 0.1) is 24.2 Å². The summed E-state index contributed by atoms with van der Waals surface area (Å²) in [6.07, 6.45) is 1.06. The van der Waals surface area contributed by atoms with Crippen LogP contribution in [-0.2, 0) is 10.6 Å². The van der Waals surface area contributed by atoms with Crippen molar-refractivity contribution in [2.45, 2.75) is 39.1 Å². The fourth-order valence-electron chi connectivity index (χ4n) is 1.99. The van der Waals surface area contributed by atoms with Crippen molar-refractivity contribution in [3.63, 3.8) is 0 Å². The van der Waals surface area contributed by atoms with Crippen LogP contribution in [-0.4, -0.2) is 36.2 Å². The van der Waals surface area contributed by atoms with Crippen LogP contribution in [0.2, 0.25) is 0 Å². The highest BCUT2D eigenvalue weighted by atomic mass is 35.5. The van der Waals surface area contributed by atoms with E-state index in [9.17, 15) is 0 Å². The van der Waals surface area contributed by atoms with E-state index in [0.717, 1.165) is 38.4 Å². The minimum Gasteiger partial charge on any atom is -0.380 e. The van der Waals surface area contributed by atoms with Gasteiger partial charge in [0, 0.05) is 18.5 Å². The van der Waals surface area contributed by atoms with Crippen LogP contribution < -0.4 is 0 Å². The first-order chi connectivity index (χ1) is 8.76. The van der Waals surface area contributed by atoms with Crippen molar-refractivity contribution in [2.75, 3.05) is 26.3 Å². The number of halogens is 1. The van der Waals surface area contributed by atoms with Crippen molar-refractivity contribution in [2.24, 2.45) is 0 Å². The van der Waals surface area contributed by atoms with Gasteiger partial charge >= 0.3 is 0 Å². The predicted octanol–water partition coefficient (Wildman–Crippen LogP) is 3.69. The third-order valence-corrected chi connectivity index (χ3v) is 4.22. The SMILES string of the molecule is CCOCCN(CC)C(CC)c1nc(CCl)cs1. The molecule has 5 heteroatoms. The Bertz CT molecular complexity index is 333. The molecule has 0 bridgehead atoms. The Morgan fingerprint density at radius 1 is 1.44 bits per heavy atom. The first-order valence-corrected chi connectivity index (χ1v) is 8.00. The lowest BCUT2D eigenvalue weighted by Crippen LogP contribution is -2.31. The minimum atomic E-state index is 0.387. The van der Waals surface area contributed by atoms with E-state index >= 15 is 0 Å². The number of ether oxygens (including phenoxy) is 1. The molecule has 0 aromatic carbocycles. The molecule has 1 unspecified atom stereocenters. The molecule has 0 N–H and O–H groups in total. The largest absolute Gasteiger partial charge is 0.380 e. The van der Waals surface area contributed by atoms with E-state index in [-0.39, 0.29) is 0 Å². The molecule has 104 valence electrons. The van der Waals surface area contributed by atoms with Gasteiger partial charge in [0.1, 0.15) is 5.01 Å². The van der Waals surface area contributed by atoms with Gasteiger partial charge in [0.15, 0.2) is 0 Å². The second kappa shape index (κ2) is 8.86. The van der Waals surface area contributed by atoms with Crippen molar-refractivity contribution in [1.82, 2.24) is 9.88 Å². The molecule has 1 atom stereocenters. The zero-order chi connectivity index (χ0) is 13.4. The number of alkyl halides is 1. The second-order valence-electron chi connectivity index (χ2n) is 4.06. The highest BCUT2D eigenvalue weighted by molar-refractivity contribution is 7.09. The van der Waals surface area contributed by atoms with E-state index in [1.165, 1.54) is 5.01 Å². The summed E-state index contributed by atoms with van der Waals surface area (Å²) < 4.78 is 5.44. The van der Waals surface area contributed by atoms with E-state index in [2.05, 4.69) is 29.1 Å². The zero-order valence-electron chi connectivity index (χ0n) is 11.5. The lowest BCUT2D eigenvalue weighted by atomic mass is 10.2. The standard InChI is InChI=1S/C13H23ClN2OS/c1-4-12(13-15-11(9-14)10-18-13)16(5-2)7-8-17-6-3/h10,12H,4-9H2,1-3H3. The number of likely N-dealkylation sites (N-methyl/N-ethyl adjacent to an activating group) is 1. The number of rotatable bonds is 9. The zero-order valence-corrected chi connectivity index (χ0v) is 13.1. The van der Waals surface area contributed by atoms with Crippen LogP contribution in [0, 0.1) is 0 Å². The minimum absolute atomic E-state index is 0.387. The Morgan fingerprint density at radius 3 is 2.72 bits per heavy atom. The highest BCUT2D eigenvalue weighted by Crippen LogP contribution is 2.27. The van der Waals surface area contributed by atoms with E-state index < -0.39 is 0 Å². The average Bonchev–Trinajstić information content (AvgIpc) is 2.86. The Labute approximate surface area is 119 Å². The number of hydrogen-bond acceptors (Lipinski definition) is 4. The van der Waals surface area contributed by atoms with Crippen LogP contribution in [0.5, 0.6) is 0 Å². The highest BCUT2D eigenvalue weighted by Gasteiger charge is 2.20. The van der Waals surface area contributed by atoms with E-state index in [1.807, 2.05) is 6.92 Å². The Morgan fingerprint density at radius 2 is 2.22 bits per heavy atom. The maximum absolute atomic E-state index is 5.81. The molecule has 0 saturated heterocycles. The summed E-state index contributed by atoms with van der Waals surface area (Å²) in [7, 11) is 0. The summed E-state index contributed by atoms with van der Waals surface area (Å²) in [5.74, 6) is 0.498. The second-order valence-corrected chi connectivity index (χ2v) is 5.22. The number of aromatic nitrogens is 1. The number of nitrogens with zero attached hydrogens (tertiary/aromatic N) is 2. The summed E-state index contributed by atoms with van der Waals surface area (Å²) in [6.45, 7) is 9.96. The smallest absolute Gasteiger partial charge is 0.110 e. The molecule has 0 spiro atoms. The molecular weight excluding hydrogens is 268 g/mol. The van der Waals surface area contributed by atoms with Crippen LogP contribution in [0.4, 0.5) is 0 Å². The lowest BCUT2D eigenvalue weighted by Gasteiger charge is -2.28. The van der Waals surface area contributed by atoms with E-state index in [4.69, 9.17) is 16.3 Å². The molecule has 3 nitrogen and oxygen atoms in total. The van der Waals surface area contributed by atoms with Gasteiger partial charge in [-0.1, -0.05) is 13.8 Å². The molecule has 0 aliphatic rings. The Balaban J connectivity index is 2.66. The normalized spacial score (nSPS) is 13.2. The van der Waals surface area contributed by atoms with Crippen LogP contribution in [0.25, 0.3) is 0 Å².